The first kappa shape index (κ1) is 21.3. The molecule has 0 saturated carbocycles. The molecule has 0 atom stereocenters. The number of hydrogen-bond donors (Lipinski definition) is 3. The number of thiocarbonyl (C=S) groups is 1. The smallest absolute Gasteiger partial charge is 0.253 e. The summed E-state index contributed by atoms with van der Waals surface area (Å²) in [4.78, 5) is 19.0. The number of quaternary nitrogens is 1. The minimum atomic E-state index is -0.0872. The van der Waals surface area contributed by atoms with Gasteiger partial charge in [-0.1, -0.05) is 29.8 Å². The maximum absolute atomic E-state index is 12.7. The zero-order valence-electron chi connectivity index (χ0n) is 16.9. The van der Waals surface area contributed by atoms with E-state index in [-0.39, 0.29) is 5.56 Å². The number of nitrogens with one attached hydrogen (secondary N) is 3. The average Bonchev–Trinajstić information content (AvgIpc) is 2.65. The molecule has 0 aliphatic carbocycles. The highest BCUT2D eigenvalue weighted by Gasteiger charge is 2.15. The van der Waals surface area contributed by atoms with Crippen molar-refractivity contribution in [2.75, 3.05) is 32.5 Å². The van der Waals surface area contributed by atoms with Crippen LogP contribution in [0.2, 0.25) is 5.02 Å². The molecule has 0 unspecified atom stereocenters. The number of rotatable bonds is 6. The monoisotopic (exact) mass is 429 g/mol. The Kier molecular flexibility index (Phi) is 6.90. The van der Waals surface area contributed by atoms with Gasteiger partial charge in [0.2, 0.25) is 0 Å². The minimum absolute atomic E-state index is 0.0872. The van der Waals surface area contributed by atoms with Gasteiger partial charge in [0, 0.05) is 21.8 Å². The quantitative estimate of drug-likeness (QED) is 0.527. The molecule has 0 saturated heterocycles. The lowest BCUT2D eigenvalue weighted by Gasteiger charge is -2.26. The molecule has 0 bridgehead atoms. The van der Waals surface area contributed by atoms with Crippen molar-refractivity contribution in [2.45, 2.75) is 13.5 Å². The Hall–Kier alpha value is -2.41. The van der Waals surface area contributed by atoms with Gasteiger partial charge in [-0.15, -0.1) is 0 Å². The van der Waals surface area contributed by atoms with Gasteiger partial charge in [-0.05, 0) is 60.4 Å². The first-order chi connectivity index (χ1) is 13.8. The molecule has 3 N–H and O–H groups in total. The fraction of sp³-hybridized carbons (Fsp3) is 0.273. The molecule has 0 radical (unpaired) electrons. The largest absolute Gasteiger partial charge is 0.339 e. The van der Waals surface area contributed by atoms with Gasteiger partial charge in [0.05, 0.1) is 33.7 Å². The number of aromatic nitrogens is 1. The van der Waals surface area contributed by atoms with Crippen LogP contribution in [-0.2, 0) is 6.54 Å². The number of likely N-dealkylation sites (N-methyl/N-ethyl adjacent to an activating group) is 1. The highest BCUT2D eigenvalue weighted by atomic mass is 35.5. The first-order valence-electron chi connectivity index (χ1n) is 9.55. The third-order valence-electron chi connectivity index (χ3n) is 4.68. The molecular formula is C22H26ClN4OS+. The van der Waals surface area contributed by atoms with Crippen molar-refractivity contribution in [1.29, 1.82) is 0 Å². The summed E-state index contributed by atoms with van der Waals surface area (Å²) in [5.74, 6) is 0. The van der Waals surface area contributed by atoms with E-state index in [9.17, 15) is 4.79 Å². The van der Waals surface area contributed by atoms with Gasteiger partial charge >= 0.3 is 0 Å². The molecule has 1 aromatic heterocycles. The van der Waals surface area contributed by atoms with Crippen molar-refractivity contribution in [3.8, 4) is 0 Å². The standard InChI is InChI=1S/C22H25ClN4OS/c1-15-7-8-16-12-17(21(28)25-20(16)11-15)14-27(10-9-26(2)3)22(29)24-19-6-4-5-18(23)13-19/h4-8,11-13H,9-10,14H2,1-3H3,(H,24,29)(H,25,28)/p+1. The summed E-state index contributed by atoms with van der Waals surface area (Å²) >= 11 is 11.7. The highest BCUT2D eigenvalue weighted by Crippen LogP contribution is 2.17. The number of nitrogens with zero attached hydrogens (tertiary/aromatic N) is 1. The molecule has 0 fully saturated rings. The van der Waals surface area contributed by atoms with Crippen molar-refractivity contribution in [2.24, 2.45) is 0 Å². The van der Waals surface area contributed by atoms with Crippen LogP contribution in [0, 0.1) is 6.92 Å². The maximum Gasteiger partial charge on any atom is 0.253 e. The summed E-state index contributed by atoms with van der Waals surface area (Å²) in [6, 6.07) is 15.4. The van der Waals surface area contributed by atoms with Gasteiger partial charge in [0.15, 0.2) is 5.11 Å². The minimum Gasteiger partial charge on any atom is -0.339 e. The molecule has 1 heterocycles. The summed E-state index contributed by atoms with van der Waals surface area (Å²) in [7, 11) is 4.19. The van der Waals surface area contributed by atoms with Crippen LogP contribution in [-0.4, -0.2) is 42.2 Å². The number of aryl methyl sites for hydroxylation is 1. The molecule has 7 heteroatoms. The van der Waals surface area contributed by atoms with Gasteiger partial charge in [0.1, 0.15) is 0 Å². The molecule has 0 amide bonds. The Morgan fingerprint density at radius 3 is 2.72 bits per heavy atom. The molecule has 0 aliphatic heterocycles. The number of pyridine rings is 1. The van der Waals surface area contributed by atoms with Crippen LogP contribution in [0.15, 0.2) is 53.3 Å². The van der Waals surface area contributed by atoms with Crippen LogP contribution in [0.5, 0.6) is 0 Å². The summed E-state index contributed by atoms with van der Waals surface area (Å²) in [5.41, 5.74) is 3.39. The highest BCUT2D eigenvalue weighted by molar-refractivity contribution is 7.80. The van der Waals surface area contributed by atoms with Gasteiger partial charge in [-0.25, -0.2) is 0 Å². The van der Waals surface area contributed by atoms with Crippen molar-refractivity contribution >= 4 is 45.5 Å². The number of hydrogen-bond acceptors (Lipinski definition) is 2. The topological polar surface area (TPSA) is 52.6 Å². The van der Waals surface area contributed by atoms with E-state index in [1.807, 2.05) is 60.4 Å². The molecule has 5 nitrogen and oxygen atoms in total. The summed E-state index contributed by atoms with van der Waals surface area (Å²) in [6.07, 6.45) is 0. The number of H-pyrrole nitrogens is 1. The lowest BCUT2D eigenvalue weighted by Crippen LogP contribution is -3.06. The van der Waals surface area contributed by atoms with Gasteiger partial charge in [-0.3, -0.25) is 4.79 Å². The predicted molar refractivity (Wildman–Crippen MR) is 125 cm³/mol. The fourth-order valence-electron chi connectivity index (χ4n) is 3.06. The van der Waals surface area contributed by atoms with Crippen LogP contribution in [0.1, 0.15) is 11.1 Å². The molecule has 29 heavy (non-hydrogen) atoms. The van der Waals surface area contributed by atoms with Crippen molar-refractivity contribution in [3.63, 3.8) is 0 Å². The number of anilines is 1. The Labute approximate surface area is 181 Å². The summed E-state index contributed by atoms with van der Waals surface area (Å²) in [6.45, 7) is 4.05. The Bertz CT molecular complexity index is 1080. The van der Waals surface area contributed by atoms with E-state index < -0.39 is 0 Å². The average molecular weight is 430 g/mol. The Balaban J connectivity index is 1.85. The van der Waals surface area contributed by atoms with Crippen LogP contribution in [0.25, 0.3) is 10.9 Å². The van der Waals surface area contributed by atoms with Crippen LogP contribution < -0.4 is 15.8 Å². The van der Waals surface area contributed by atoms with Crippen molar-refractivity contribution < 1.29 is 4.90 Å². The summed E-state index contributed by atoms with van der Waals surface area (Å²) < 4.78 is 0. The maximum atomic E-state index is 12.7. The molecule has 2 aromatic carbocycles. The lowest BCUT2D eigenvalue weighted by atomic mass is 10.1. The first-order valence-corrected chi connectivity index (χ1v) is 10.3. The number of fused-ring (bicyclic) bond motifs is 1. The van der Waals surface area contributed by atoms with Gasteiger partial charge in [-0.2, -0.15) is 0 Å². The molecular weight excluding hydrogens is 404 g/mol. The van der Waals surface area contributed by atoms with E-state index >= 15 is 0 Å². The number of halogens is 1. The predicted octanol–water partition coefficient (Wildman–Crippen LogP) is 2.83. The van der Waals surface area contributed by atoms with E-state index in [1.165, 1.54) is 4.90 Å². The molecule has 3 rings (SSSR count). The number of aromatic amines is 1. The second-order valence-electron chi connectivity index (χ2n) is 7.53. The van der Waals surface area contributed by atoms with Crippen LogP contribution >= 0.6 is 23.8 Å². The zero-order chi connectivity index (χ0) is 21.0. The molecule has 152 valence electrons. The lowest BCUT2D eigenvalue weighted by molar-refractivity contribution is -0.857. The Morgan fingerprint density at radius 1 is 1.21 bits per heavy atom. The normalized spacial score (nSPS) is 11.1. The molecule has 0 aliphatic rings. The van der Waals surface area contributed by atoms with E-state index in [4.69, 9.17) is 23.8 Å². The van der Waals surface area contributed by atoms with E-state index in [1.54, 1.807) is 0 Å². The summed E-state index contributed by atoms with van der Waals surface area (Å²) in [5, 5.41) is 5.46. The van der Waals surface area contributed by atoms with E-state index in [0.29, 0.717) is 22.2 Å². The Morgan fingerprint density at radius 2 is 2.00 bits per heavy atom. The molecule has 0 spiro atoms. The van der Waals surface area contributed by atoms with E-state index in [2.05, 4.69) is 24.4 Å². The van der Waals surface area contributed by atoms with Crippen LogP contribution in [0.3, 0.4) is 0 Å². The number of benzene rings is 2. The second-order valence-corrected chi connectivity index (χ2v) is 8.36. The fourth-order valence-corrected chi connectivity index (χ4v) is 3.53. The van der Waals surface area contributed by atoms with Gasteiger partial charge in [0.25, 0.3) is 5.56 Å². The third-order valence-corrected chi connectivity index (χ3v) is 5.28. The van der Waals surface area contributed by atoms with Gasteiger partial charge < -0.3 is 20.1 Å². The van der Waals surface area contributed by atoms with Crippen LogP contribution in [0.4, 0.5) is 5.69 Å². The zero-order valence-corrected chi connectivity index (χ0v) is 18.5. The molecule has 3 aromatic rings. The third kappa shape index (κ3) is 5.79. The van der Waals surface area contributed by atoms with E-state index in [0.717, 1.165) is 35.2 Å². The van der Waals surface area contributed by atoms with Crippen molar-refractivity contribution in [1.82, 2.24) is 9.88 Å². The van der Waals surface area contributed by atoms with Crippen molar-refractivity contribution in [3.05, 3.63) is 75.0 Å². The SMILES string of the molecule is Cc1ccc2cc(CN(CC[NH+](C)C)C(=S)Nc3cccc(Cl)c3)c(=O)[nH]c2c1. The second kappa shape index (κ2) is 9.39.